The fourth-order valence-electron chi connectivity index (χ4n) is 2.75. The highest BCUT2D eigenvalue weighted by atomic mass is 35.5. The van der Waals surface area contributed by atoms with Crippen LogP contribution in [0.25, 0.3) is 5.65 Å². The summed E-state index contributed by atoms with van der Waals surface area (Å²) in [7, 11) is 4.54. The summed E-state index contributed by atoms with van der Waals surface area (Å²) in [5, 5.41) is 3.35. The van der Waals surface area contributed by atoms with Crippen LogP contribution >= 0.6 is 11.6 Å². The molecule has 1 amide bonds. The van der Waals surface area contributed by atoms with Crippen LogP contribution in [0.1, 0.15) is 16.2 Å². The number of hydrogen-bond acceptors (Lipinski definition) is 5. The maximum atomic E-state index is 12.8. The number of methoxy groups -OCH3 is 3. The standard InChI is InChI=1S/C18H18ClN3O4/c1-10-16(22-9-11(19)5-6-15(22)20-10)18(23)21-12-7-13(24-2)17(26-4)14(8-12)25-3/h5-9H,1-4H3,(H,21,23). The molecule has 0 spiro atoms. The number of pyridine rings is 1. The van der Waals surface area contributed by atoms with E-state index in [4.69, 9.17) is 25.8 Å². The summed E-state index contributed by atoms with van der Waals surface area (Å²) in [6.07, 6.45) is 1.65. The molecule has 136 valence electrons. The first-order valence-electron chi connectivity index (χ1n) is 7.74. The molecule has 0 unspecified atom stereocenters. The van der Waals surface area contributed by atoms with E-state index in [-0.39, 0.29) is 5.91 Å². The maximum absolute atomic E-state index is 12.8. The molecule has 0 saturated heterocycles. The van der Waals surface area contributed by atoms with Crippen molar-refractivity contribution in [1.82, 2.24) is 9.38 Å². The van der Waals surface area contributed by atoms with Crippen LogP contribution in [0.3, 0.4) is 0 Å². The number of imidazole rings is 1. The number of ether oxygens (including phenoxy) is 3. The molecule has 0 saturated carbocycles. The highest BCUT2D eigenvalue weighted by Crippen LogP contribution is 2.40. The third-order valence-electron chi connectivity index (χ3n) is 3.89. The number of fused-ring (bicyclic) bond motifs is 1. The molecule has 8 heteroatoms. The predicted molar refractivity (Wildman–Crippen MR) is 99.0 cm³/mol. The molecule has 0 aliphatic carbocycles. The number of carbonyl (C=O) groups is 1. The van der Waals surface area contributed by atoms with Gasteiger partial charge in [-0.3, -0.25) is 9.20 Å². The van der Waals surface area contributed by atoms with Gasteiger partial charge in [-0.25, -0.2) is 4.98 Å². The van der Waals surface area contributed by atoms with Crippen LogP contribution in [0.15, 0.2) is 30.5 Å². The minimum Gasteiger partial charge on any atom is -0.493 e. The fraction of sp³-hybridized carbons (Fsp3) is 0.222. The number of halogens is 1. The smallest absolute Gasteiger partial charge is 0.274 e. The van der Waals surface area contributed by atoms with Crippen molar-refractivity contribution < 1.29 is 19.0 Å². The first-order valence-corrected chi connectivity index (χ1v) is 8.11. The highest BCUT2D eigenvalue weighted by Gasteiger charge is 2.19. The SMILES string of the molecule is COc1cc(NC(=O)c2c(C)nc3ccc(Cl)cn23)cc(OC)c1OC. The molecule has 0 radical (unpaired) electrons. The van der Waals surface area contributed by atoms with E-state index in [9.17, 15) is 4.79 Å². The Balaban J connectivity index is 2.01. The van der Waals surface area contributed by atoms with Crippen LogP contribution in [0.4, 0.5) is 5.69 Å². The summed E-state index contributed by atoms with van der Waals surface area (Å²) in [4.78, 5) is 17.2. The van der Waals surface area contributed by atoms with Crippen molar-refractivity contribution in [3.63, 3.8) is 0 Å². The molecule has 0 aliphatic heterocycles. The molecule has 0 atom stereocenters. The maximum Gasteiger partial charge on any atom is 0.274 e. The second-order valence-corrected chi connectivity index (χ2v) is 5.93. The van der Waals surface area contributed by atoms with Gasteiger partial charge in [-0.15, -0.1) is 0 Å². The quantitative estimate of drug-likeness (QED) is 0.737. The van der Waals surface area contributed by atoms with Gasteiger partial charge in [-0.05, 0) is 19.1 Å². The second-order valence-electron chi connectivity index (χ2n) is 5.49. The third kappa shape index (κ3) is 3.13. The number of carbonyl (C=O) groups excluding carboxylic acids is 1. The molecule has 2 heterocycles. The molecule has 1 N–H and O–H groups in total. The van der Waals surface area contributed by atoms with E-state index < -0.39 is 0 Å². The lowest BCUT2D eigenvalue weighted by atomic mass is 10.2. The number of benzene rings is 1. The number of hydrogen-bond donors (Lipinski definition) is 1. The highest BCUT2D eigenvalue weighted by molar-refractivity contribution is 6.30. The average Bonchev–Trinajstić information content (AvgIpc) is 2.95. The van der Waals surface area contributed by atoms with Gasteiger partial charge >= 0.3 is 0 Å². The minimum absolute atomic E-state index is 0.327. The van der Waals surface area contributed by atoms with Crippen LogP contribution in [-0.4, -0.2) is 36.6 Å². The van der Waals surface area contributed by atoms with Crippen LogP contribution in [0.2, 0.25) is 5.02 Å². The van der Waals surface area contributed by atoms with Crippen molar-refractivity contribution >= 4 is 28.8 Å². The van der Waals surface area contributed by atoms with Crippen molar-refractivity contribution in [2.75, 3.05) is 26.6 Å². The molecule has 0 fully saturated rings. The Morgan fingerprint density at radius 2 is 1.77 bits per heavy atom. The van der Waals surface area contributed by atoms with Gasteiger partial charge in [0.05, 0.1) is 32.0 Å². The monoisotopic (exact) mass is 375 g/mol. The Bertz CT molecular complexity index is 959. The van der Waals surface area contributed by atoms with Crippen molar-refractivity contribution in [1.29, 1.82) is 0 Å². The van der Waals surface area contributed by atoms with Gasteiger partial charge in [0.1, 0.15) is 11.3 Å². The van der Waals surface area contributed by atoms with Gasteiger partial charge in [0.15, 0.2) is 11.5 Å². The minimum atomic E-state index is -0.327. The normalized spacial score (nSPS) is 10.7. The van der Waals surface area contributed by atoms with Crippen molar-refractivity contribution in [3.05, 3.63) is 46.9 Å². The molecule has 3 aromatic rings. The molecule has 2 aromatic heterocycles. The van der Waals surface area contributed by atoms with E-state index >= 15 is 0 Å². The molecule has 26 heavy (non-hydrogen) atoms. The lowest BCUT2D eigenvalue weighted by Gasteiger charge is -2.14. The summed E-state index contributed by atoms with van der Waals surface area (Å²) in [6, 6.07) is 6.80. The van der Waals surface area contributed by atoms with Gasteiger partial charge in [0.2, 0.25) is 5.75 Å². The number of nitrogens with zero attached hydrogens (tertiary/aromatic N) is 2. The molecular weight excluding hydrogens is 358 g/mol. The Morgan fingerprint density at radius 1 is 1.12 bits per heavy atom. The molecule has 0 aliphatic rings. The summed E-state index contributed by atoms with van der Waals surface area (Å²) in [6.45, 7) is 1.77. The van der Waals surface area contributed by atoms with E-state index in [2.05, 4.69) is 10.3 Å². The van der Waals surface area contributed by atoms with Gasteiger partial charge in [-0.1, -0.05) is 11.6 Å². The largest absolute Gasteiger partial charge is 0.493 e. The van der Waals surface area contributed by atoms with Crippen LogP contribution in [0, 0.1) is 6.92 Å². The van der Waals surface area contributed by atoms with E-state index in [1.54, 1.807) is 41.8 Å². The Kier molecular flexibility index (Phi) is 4.90. The van der Waals surface area contributed by atoms with Crippen molar-refractivity contribution in [2.24, 2.45) is 0 Å². The van der Waals surface area contributed by atoms with Gasteiger partial charge in [-0.2, -0.15) is 0 Å². The molecule has 1 aromatic carbocycles. The van der Waals surface area contributed by atoms with Crippen molar-refractivity contribution in [2.45, 2.75) is 6.92 Å². The number of amides is 1. The van der Waals surface area contributed by atoms with Gasteiger partial charge in [0, 0.05) is 24.0 Å². The summed E-state index contributed by atoms with van der Waals surface area (Å²) in [5.74, 6) is 1.01. The van der Waals surface area contributed by atoms with Gasteiger partial charge in [0.25, 0.3) is 5.91 Å². The number of nitrogens with one attached hydrogen (secondary N) is 1. The second kappa shape index (κ2) is 7.13. The zero-order valence-electron chi connectivity index (χ0n) is 14.8. The van der Waals surface area contributed by atoms with E-state index in [0.29, 0.717) is 45.0 Å². The van der Waals surface area contributed by atoms with Gasteiger partial charge < -0.3 is 19.5 Å². The molecule has 0 bridgehead atoms. The summed E-state index contributed by atoms with van der Waals surface area (Å²) < 4.78 is 17.6. The molecular formula is C18H18ClN3O4. The Hall–Kier alpha value is -2.93. The average molecular weight is 376 g/mol. The fourth-order valence-corrected chi connectivity index (χ4v) is 2.91. The van der Waals surface area contributed by atoms with E-state index in [1.807, 2.05) is 0 Å². The Morgan fingerprint density at radius 3 is 2.35 bits per heavy atom. The number of aryl methyl sites for hydroxylation is 1. The van der Waals surface area contributed by atoms with E-state index in [1.165, 1.54) is 21.3 Å². The predicted octanol–water partition coefficient (Wildman–Crippen LogP) is 3.57. The number of rotatable bonds is 5. The number of aromatic nitrogens is 2. The lowest BCUT2D eigenvalue weighted by Crippen LogP contribution is -2.16. The Labute approximate surface area is 155 Å². The van der Waals surface area contributed by atoms with Crippen LogP contribution < -0.4 is 19.5 Å². The van der Waals surface area contributed by atoms with Crippen LogP contribution in [0.5, 0.6) is 17.2 Å². The topological polar surface area (TPSA) is 74.1 Å². The van der Waals surface area contributed by atoms with Crippen LogP contribution in [-0.2, 0) is 0 Å². The molecule has 7 nitrogen and oxygen atoms in total. The summed E-state index contributed by atoms with van der Waals surface area (Å²) >= 11 is 6.05. The third-order valence-corrected chi connectivity index (χ3v) is 4.12. The lowest BCUT2D eigenvalue weighted by molar-refractivity contribution is 0.102. The number of anilines is 1. The summed E-state index contributed by atoms with van der Waals surface area (Å²) in [5.41, 5.74) is 2.14. The zero-order chi connectivity index (χ0) is 18.8. The van der Waals surface area contributed by atoms with Crippen molar-refractivity contribution in [3.8, 4) is 17.2 Å². The first-order chi connectivity index (χ1) is 12.5. The van der Waals surface area contributed by atoms with E-state index in [0.717, 1.165) is 0 Å². The molecule has 3 rings (SSSR count). The zero-order valence-corrected chi connectivity index (χ0v) is 15.5. The first kappa shape index (κ1) is 17.9.